The second-order valence-electron chi connectivity index (χ2n) is 5.42. The summed E-state index contributed by atoms with van der Waals surface area (Å²) in [5.41, 5.74) is 9.54. The highest BCUT2D eigenvalue weighted by molar-refractivity contribution is 5.80. The molecule has 1 aliphatic carbocycles. The molecule has 0 saturated carbocycles. The lowest BCUT2D eigenvalue weighted by Gasteiger charge is -2.14. The van der Waals surface area contributed by atoms with Crippen LogP contribution in [0.5, 0.6) is 5.75 Å². The Bertz CT molecular complexity index is 682. The molecule has 2 aromatic carbocycles. The van der Waals surface area contributed by atoms with Crippen LogP contribution in [0.2, 0.25) is 0 Å². The zero-order valence-corrected chi connectivity index (χ0v) is 11.7. The fraction of sp³-hybridized carbons (Fsp3) is 0.235. The van der Waals surface area contributed by atoms with Crippen molar-refractivity contribution in [1.82, 2.24) is 5.32 Å². The Balaban J connectivity index is 1.69. The summed E-state index contributed by atoms with van der Waals surface area (Å²) in [4.78, 5) is 12.2. The van der Waals surface area contributed by atoms with E-state index in [1.165, 1.54) is 5.56 Å². The highest BCUT2D eigenvalue weighted by Gasteiger charge is 2.24. The number of carbonyl (C=O) groups is 1. The minimum absolute atomic E-state index is 0.0407. The van der Waals surface area contributed by atoms with E-state index in [4.69, 9.17) is 5.73 Å². The quantitative estimate of drug-likeness (QED) is 0.756. The molecule has 4 heteroatoms. The predicted octanol–water partition coefficient (Wildman–Crippen LogP) is 2.32. The van der Waals surface area contributed by atoms with Gasteiger partial charge in [-0.3, -0.25) is 4.79 Å². The fourth-order valence-corrected chi connectivity index (χ4v) is 2.87. The van der Waals surface area contributed by atoms with Crippen molar-refractivity contribution in [1.29, 1.82) is 0 Å². The van der Waals surface area contributed by atoms with Gasteiger partial charge in [-0.2, -0.15) is 0 Å². The average molecular weight is 282 g/mol. The minimum Gasteiger partial charge on any atom is -0.508 e. The lowest BCUT2D eigenvalue weighted by molar-refractivity contribution is -0.121. The van der Waals surface area contributed by atoms with E-state index in [9.17, 15) is 9.90 Å². The van der Waals surface area contributed by atoms with Crippen LogP contribution >= 0.6 is 0 Å². The molecule has 0 spiro atoms. The summed E-state index contributed by atoms with van der Waals surface area (Å²) in [6.45, 7) is 0. The number of phenolic OH excluding ortho intramolecular Hbond substituents is 1. The van der Waals surface area contributed by atoms with Crippen molar-refractivity contribution in [2.75, 3.05) is 5.73 Å². The Kier molecular flexibility index (Phi) is 3.52. The third-order valence-electron chi connectivity index (χ3n) is 3.92. The van der Waals surface area contributed by atoms with Crippen LogP contribution in [-0.4, -0.2) is 11.0 Å². The van der Waals surface area contributed by atoms with E-state index in [-0.39, 0.29) is 24.1 Å². The van der Waals surface area contributed by atoms with Gasteiger partial charge in [-0.05, 0) is 42.2 Å². The molecule has 0 aromatic heterocycles. The molecule has 3 rings (SSSR count). The van der Waals surface area contributed by atoms with E-state index < -0.39 is 0 Å². The topological polar surface area (TPSA) is 75.3 Å². The molecule has 0 heterocycles. The number of benzene rings is 2. The number of fused-ring (bicyclic) bond motifs is 1. The Morgan fingerprint density at radius 3 is 2.90 bits per heavy atom. The summed E-state index contributed by atoms with van der Waals surface area (Å²) >= 11 is 0. The first kappa shape index (κ1) is 13.5. The van der Waals surface area contributed by atoms with Crippen LogP contribution < -0.4 is 11.1 Å². The number of para-hydroxylation sites is 1. The van der Waals surface area contributed by atoms with E-state index >= 15 is 0 Å². The molecule has 0 aliphatic heterocycles. The number of hydrogen-bond acceptors (Lipinski definition) is 3. The van der Waals surface area contributed by atoms with Crippen LogP contribution in [0.15, 0.2) is 42.5 Å². The summed E-state index contributed by atoms with van der Waals surface area (Å²) in [5, 5.41) is 12.8. The highest BCUT2D eigenvalue weighted by atomic mass is 16.3. The standard InChI is InChI=1S/C17H18N2O2/c18-13-6-7-14-11(9-13)5-8-15(14)19-17(21)10-12-3-1-2-4-16(12)20/h1-4,6-7,9,15,20H,5,8,10,18H2,(H,19,21). The van der Waals surface area contributed by atoms with Gasteiger partial charge in [-0.1, -0.05) is 24.3 Å². The molecule has 1 atom stereocenters. The summed E-state index contributed by atoms with van der Waals surface area (Å²) in [5.74, 6) is 0.0819. The van der Waals surface area contributed by atoms with E-state index in [2.05, 4.69) is 5.32 Å². The number of nitrogens with two attached hydrogens (primary N) is 1. The third-order valence-corrected chi connectivity index (χ3v) is 3.92. The summed E-state index contributed by atoms with van der Waals surface area (Å²) < 4.78 is 0. The summed E-state index contributed by atoms with van der Waals surface area (Å²) in [7, 11) is 0. The molecule has 4 nitrogen and oxygen atoms in total. The number of anilines is 1. The van der Waals surface area contributed by atoms with Crippen LogP contribution in [0.3, 0.4) is 0 Å². The lowest BCUT2D eigenvalue weighted by atomic mass is 10.1. The lowest BCUT2D eigenvalue weighted by Crippen LogP contribution is -2.28. The summed E-state index contributed by atoms with van der Waals surface area (Å²) in [6, 6.07) is 12.8. The summed E-state index contributed by atoms with van der Waals surface area (Å²) in [6.07, 6.45) is 2.01. The van der Waals surface area contributed by atoms with E-state index in [1.807, 2.05) is 24.3 Å². The number of aryl methyl sites for hydroxylation is 1. The number of amides is 1. The molecule has 21 heavy (non-hydrogen) atoms. The molecule has 4 N–H and O–H groups in total. The smallest absolute Gasteiger partial charge is 0.225 e. The van der Waals surface area contributed by atoms with Crippen LogP contribution in [0, 0.1) is 0 Å². The first-order valence-electron chi connectivity index (χ1n) is 7.08. The molecule has 0 saturated heterocycles. The molecular formula is C17H18N2O2. The maximum atomic E-state index is 12.2. The van der Waals surface area contributed by atoms with Gasteiger partial charge < -0.3 is 16.2 Å². The van der Waals surface area contributed by atoms with Crippen molar-refractivity contribution in [3.05, 3.63) is 59.2 Å². The van der Waals surface area contributed by atoms with Crippen molar-refractivity contribution in [3.8, 4) is 5.75 Å². The minimum atomic E-state index is -0.0776. The van der Waals surface area contributed by atoms with Gasteiger partial charge in [0.25, 0.3) is 0 Å². The van der Waals surface area contributed by atoms with E-state index in [0.717, 1.165) is 24.1 Å². The molecule has 2 aromatic rings. The molecule has 0 radical (unpaired) electrons. The molecule has 0 bridgehead atoms. The maximum absolute atomic E-state index is 12.2. The van der Waals surface area contributed by atoms with Crippen molar-refractivity contribution >= 4 is 11.6 Å². The number of nitrogen functional groups attached to an aromatic ring is 1. The molecular weight excluding hydrogens is 264 g/mol. The number of carbonyl (C=O) groups excluding carboxylic acids is 1. The van der Waals surface area contributed by atoms with Crippen LogP contribution in [-0.2, 0) is 17.6 Å². The van der Waals surface area contributed by atoms with Crippen molar-refractivity contribution in [3.63, 3.8) is 0 Å². The third kappa shape index (κ3) is 2.84. The van der Waals surface area contributed by atoms with Crippen LogP contribution in [0.4, 0.5) is 5.69 Å². The SMILES string of the molecule is Nc1ccc2c(c1)CCC2NC(=O)Cc1ccccc1O. The molecule has 0 fully saturated rings. The number of aromatic hydroxyl groups is 1. The Morgan fingerprint density at radius 1 is 1.29 bits per heavy atom. The molecule has 1 unspecified atom stereocenters. The highest BCUT2D eigenvalue weighted by Crippen LogP contribution is 2.32. The first-order valence-corrected chi connectivity index (χ1v) is 7.08. The normalized spacial score (nSPS) is 16.5. The Hall–Kier alpha value is -2.49. The van der Waals surface area contributed by atoms with Gasteiger partial charge in [-0.15, -0.1) is 0 Å². The van der Waals surface area contributed by atoms with Crippen LogP contribution in [0.25, 0.3) is 0 Å². The number of nitrogens with one attached hydrogen (secondary N) is 1. The van der Waals surface area contributed by atoms with Gasteiger partial charge in [0.15, 0.2) is 0 Å². The zero-order valence-electron chi connectivity index (χ0n) is 11.7. The molecule has 108 valence electrons. The van der Waals surface area contributed by atoms with Crippen LogP contribution in [0.1, 0.15) is 29.2 Å². The van der Waals surface area contributed by atoms with Crippen molar-refractivity contribution in [2.45, 2.75) is 25.3 Å². The van der Waals surface area contributed by atoms with Gasteiger partial charge in [0, 0.05) is 11.3 Å². The van der Waals surface area contributed by atoms with Gasteiger partial charge in [0.1, 0.15) is 5.75 Å². The van der Waals surface area contributed by atoms with Gasteiger partial charge in [-0.25, -0.2) is 0 Å². The second-order valence-corrected chi connectivity index (χ2v) is 5.42. The largest absolute Gasteiger partial charge is 0.508 e. The molecule has 1 aliphatic rings. The fourth-order valence-electron chi connectivity index (χ4n) is 2.87. The van der Waals surface area contributed by atoms with Crippen molar-refractivity contribution in [2.24, 2.45) is 0 Å². The van der Waals surface area contributed by atoms with Gasteiger partial charge in [0.2, 0.25) is 5.91 Å². The number of rotatable bonds is 3. The first-order chi connectivity index (χ1) is 10.1. The number of phenols is 1. The average Bonchev–Trinajstić information content (AvgIpc) is 2.83. The Morgan fingerprint density at radius 2 is 2.10 bits per heavy atom. The second kappa shape index (κ2) is 5.48. The van der Waals surface area contributed by atoms with E-state index in [0.29, 0.717) is 5.56 Å². The van der Waals surface area contributed by atoms with E-state index in [1.54, 1.807) is 18.2 Å². The molecule has 1 amide bonds. The maximum Gasteiger partial charge on any atom is 0.225 e. The monoisotopic (exact) mass is 282 g/mol. The van der Waals surface area contributed by atoms with Gasteiger partial charge in [0.05, 0.1) is 12.5 Å². The number of hydrogen-bond donors (Lipinski definition) is 3. The predicted molar refractivity (Wildman–Crippen MR) is 81.9 cm³/mol. The Labute approximate surface area is 123 Å². The zero-order chi connectivity index (χ0) is 14.8. The van der Waals surface area contributed by atoms with Crippen molar-refractivity contribution < 1.29 is 9.90 Å². The van der Waals surface area contributed by atoms with Gasteiger partial charge >= 0.3 is 0 Å².